The molecule has 0 amide bonds. The van der Waals surface area contributed by atoms with Gasteiger partial charge in [0, 0.05) is 30.9 Å². The summed E-state index contributed by atoms with van der Waals surface area (Å²) in [7, 11) is 0. The Morgan fingerprint density at radius 2 is 1.95 bits per heavy atom. The first-order valence-corrected chi connectivity index (χ1v) is 8.16. The normalized spacial score (nSPS) is 18.4. The van der Waals surface area contributed by atoms with Gasteiger partial charge in [-0.3, -0.25) is 0 Å². The van der Waals surface area contributed by atoms with E-state index < -0.39 is 0 Å². The summed E-state index contributed by atoms with van der Waals surface area (Å²) in [6.07, 6.45) is 3.49. The van der Waals surface area contributed by atoms with Crippen molar-refractivity contribution in [3.05, 3.63) is 24.3 Å². The van der Waals surface area contributed by atoms with Crippen LogP contribution in [0.2, 0.25) is 0 Å². The van der Waals surface area contributed by atoms with Gasteiger partial charge in [-0.2, -0.15) is 0 Å². The van der Waals surface area contributed by atoms with E-state index in [4.69, 9.17) is 10.5 Å². The third-order valence-electron chi connectivity index (χ3n) is 4.27. The molecule has 3 N–H and O–H groups in total. The summed E-state index contributed by atoms with van der Waals surface area (Å²) in [5.41, 5.74) is 6.84. The van der Waals surface area contributed by atoms with E-state index >= 15 is 0 Å². The zero-order chi connectivity index (χ0) is 15.1. The number of hydrogen-bond donors (Lipinski definition) is 2. The number of benzene rings is 1. The fourth-order valence-corrected chi connectivity index (χ4v) is 2.96. The molecule has 1 aromatic rings. The van der Waals surface area contributed by atoms with Gasteiger partial charge in [0.1, 0.15) is 5.75 Å². The summed E-state index contributed by atoms with van der Waals surface area (Å²) < 4.78 is 5.47. The second-order valence-corrected chi connectivity index (χ2v) is 5.84. The molecule has 0 aromatic heterocycles. The molecular weight excluding hydrogens is 262 g/mol. The fraction of sp³-hybridized carbons (Fsp3) is 0.647. The van der Waals surface area contributed by atoms with Gasteiger partial charge in [0.25, 0.3) is 0 Å². The molecule has 1 aliphatic heterocycles. The Morgan fingerprint density at radius 3 is 2.52 bits per heavy atom. The van der Waals surface area contributed by atoms with Gasteiger partial charge in [-0.1, -0.05) is 0 Å². The average molecular weight is 291 g/mol. The van der Waals surface area contributed by atoms with E-state index in [0.717, 1.165) is 31.8 Å². The Morgan fingerprint density at radius 1 is 1.29 bits per heavy atom. The van der Waals surface area contributed by atoms with Gasteiger partial charge in [0.15, 0.2) is 0 Å². The zero-order valence-electron chi connectivity index (χ0n) is 13.3. The van der Waals surface area contributed by atoms with Crippen LogP contribution < -0.4 is 15.8 Å². The molecular formula is C17H29N3O. The van der Waals surface area contributed by atoms with Crippen LogP contribution in [0.25, 0.3) is 0 Å². The van der Waals surface area contributed by atoms with Crippen molar-refractivity contribution in [2.45, 2.75) is 45.2 Å². The van der Waals surface area contributed by atoms with Crippen molar-refractivity contribution in [3.8, 4) is 5.75 Å². The molecule has 2 rings (SSSR count). The predicted octanol–water partition coefficient (Wildman–Crippen LogP) is 2.70. The number of rotatable bonds is 7. The van der Waals surface area contributed by atoms with E-state index in [-0.39, 0.29) is 0 Å². The fourth-order valence-electron chi connectivity index (χ4n) is 2.96. The first-order chi connectivity index (χ1) is 10.2. The maximum absolute atomic E-state index is 5.65. The number of nitrogens with zero attached hydrogens (tertiary/aromatic N) is 1. The van der Waals surface area contributed by atoms with Crippen molar-refractivity contribution in [3.63, 3.8) is 0 Å². The topological polar surface area (TPSA) is 50.5 Å². The summed E-state index contributed by atoms with van der Waals surface area (Å²) in [4.78, 5) is 2.56. The van der Waals surface area contributed by atoms with Gasteiger partial charge < -0.3 is 20.7 Å². The molecule has 118 valence electrons. The van der Waals surface area contributed by atoms with E-state index in [1.54, 1.807) is 0 Å². The maximum atomic E-state index is 5.65. The Hall–Kier alpha value is -1.26. The first kappa shape index (κ1) is 16.1. The van der Waals surface area contributed by atoms with Crippen molar-refractivity contribution in [2.75, 3.05) is 31.6 Å². The molecule has 0 bridgehead atoms. The van der Waals surface area contributed by atoms with Crippen LogP contribution in [-0.4, -0.2) is 43.2 Å². The minimum atomic E-state index is 0.573. The van der Waals surface area contributed by atoms with Crippen molar-refractivity contribution in [2.24, 2.45) is 5.73 Å². The Kier molecular flexibility index (Phi) is 6.33. The SMILES string of the molecule is CCOc1ccc(NC2CCN([C@H](C)CCN)CC2)cc1. The van der Waals surface area contributed by atoms with Crippen LogP contribution in [0.3, 0.4) is 0 Å². The molecule has 1 aromatic carbocycles. The lowest BCUT2D eigenvalue weighted by Crippen LogP contribution is -2.44. The molecule has 0 aliphatic carbocycles. The zero-order valence-corrected chi connectivity index (χ0v) is 13.3. The summed E-state index contributed by atoms with van der Waals surface area (Å²) in [5, 5.41) is 3.63. The second kappa shape index (κ2) is 8.25. The summed E-state index contributed by atoms with van der Waals surface area (Å²) >= 11 is 0. The average Bonchev–Trinajstić information content (AvgIpc) is 2.50. The number of nitrogens with two attached hydrogens (primary N) is 1. The Balaban J connectivity index is 1.77. The summed E-state index contributed by atoms with van der Waals surface area (Å²) in [6.45, 7) is 8.11. The van der Waals surface area contributed by atoms with E-state index in [9.17, 15) is 0 Å². The first-order valence-electron chi connectivity index (χ1n) is 8.16. The Labute approximate surface area is 128 Å². The summed E-state index contributed by atoms with van der Waals surface area (Å²) in [5.74, 6) is 0.938. The molecule has 0 unspecified atom stereocenters. The molecule has 1 aliphatic rings. The van der Waals surface area contributed by atoms with Crippen LogP contribution in [0.1, 0.15) is 33.1 Å². The quantitative estimate of drug-likeness (QED) is 0.811. The molecule has 0 saturated carbocycles. The van der Waals surface area contributed by atoms with Crippen LogP contribution >= 0.6 is 0 Å². The molecule has 21 heavy (non-hydrogen) atoms. The van der Waals surface area contributed by atoms with E-state index in [2.05, 4.69) is 29.3 Å². The number of piperidine rings is 1. The molecule has 1 fully saturated rings. The highest BCUT2D eigenvalue weighted by Crippen LogP contribution is 2.21. The molecule has 4 heteroatoms. The minimum Gasteiger partial charge on any atom is -0.494 e. The number of hydrogen-bond acceptors (Lipinski definition) is 4. The Bertz CT molecular complexity index is 399. The van der Waals surface area contributed by atoms with Crippen LogP contribution in [0.5, 0.6) is 5.75 Å². The lowest BCUT2D eigenvalue weighted by Gasteiger charge is -2.36. The lowest BCUT2D eigenvalue weighted by molar-refractivity contribution is 0.161. The maximum Gasteiger partial charge on any atom is 0.119 e. The summed E-state index contributed by atoms with van der Waals surface area (Å²) in [6, 6.07) is 9.46. The standard InChI is InChI=1S/C17H29N3O/c1-3-21-17-6-4-15(5-7-17)19-16-9-12-20(13-10-16)14(2)8-11-18/h4-7,14,16,19H,3,8-13,18H2,1-2H3/t14-/m1/s1. The molecule has 1 saturated heterocycles. The van der Waals surface area contributed by atoms with Crippen LogP contribution in [0.15, 0.2) is 24.3 Å². The second-order valence-electron chi connectivity index (χ2n) is 5.84. The van der Waals surface area contributed by atoms with Crippen molar-refractivity contribution in [1.29, 1.82) is 0 Å². The molecule has 1 atom stereocenters. The van der Waals surface area contributed by atoms with E-state index in [0.29, 0.717) is 18.7 Å². The van der Waals surface area contributed by atoms with Crippen LogP contribution in [0.4, 0.5) is 5.69 Å². The van der Waals surface area contributed by atoms with Gasteiger partial charge >= 0.3 is 0 Å². The molecule has 0 spiro atoms. The minimum absolute atomic E-state index is 0.573. The van der Waals surface area contributed by atoms with Gasteiger partial charge in [0.05, 0.1) is 6.61 Å². The monoisotopic (exact) mass is 291 g/mol. The number of nitrogens with one attached hydrogen (secondary N) is 1. The number of likely N-dealkylation sites (tertiary alicyclic amines) is 1. The highest BCUT2D eigenvalue weighted by atomic mass is 16.5. The van der Waals surface area contributed by atoms with Gasteiger partial charge in [-0.05, 0) is 63.9 Å². The van der Waals surface area contributed by atoms with Crippen molar-refractivity contribution >= 4 is 5.69 Å². The molecule has 1 heterocycles. The van der Waals surface area contributed by atoms with Crippen molar-refractivity contribution in [1.82, 2.24) is 4.90 Å². The third-order valence-corrected chi connectivity index (χ3v) is 4.27. The smallest absolute Gasteiger partial charge is 0.119 e. The van der Waals surface area contributed by atoms with Gasteiger partial charge in [-0.25, -0.2) is 0 Å². The third kappa shape index (κ3) is 4.90. The van der Waals surface area contributed by atoms with Gasteiger partial charge in [0.2, 0.25) is 0 Å². The molecule has 4 nitrogen and oxygen atoms in total. The highest BCUT2D eigenvalue weighted by Gasteiger charge is 2.22. The number of ether oxygens (including phenoxy) is 1. The lowest BCUT2D eigenvalue weighted by atomic mass is 10.0. The van der Waals surface area contributed by atoms with Crippen LogP contribution in [0, 0.1) is 0 Å². The van der Waals surface area contributed by atoms with Crippen molar-refractivity contribution < 1.29 is 4.74 Å². The van der Waals surface area contributed by atoms with Crippen LogP contribution in [-0.2, 0) is 0 Å². The molecule has 0 radical (unpaired) electrons. The predicted molar refractivity (Wildman–Crippen MR) is 89.0 cm³/mol. The van der Waals surface area contributed by atoms with E-state index in [1.165, 1.54) is 18.5 Å². The van der Waals surface area contributed by atoms with E-state index in [1.807, 2.05) is 19.1 Å². The van der Waals surface area contributed by atoms with Gasteiger partial charge in [-0.15, -0.1) is 0 Å². The highest BCUT2D eigenvalue weighted by molar-refractivity contribution is 5.47. The largest absolute Gasteiger partial charge is 0.494 e. The number of anilines is 1.